The van der Waals surface area contributed by atoms with Gasteiger partial charge in [0.15, 0.2) is 0 Å². The van der Waals surface area contributed by atoms with Gasteiger partial charge in [0.2, 0.25) is 0 Å². The minimum absolute atomic E-state index is 0.365. The first kappa shape index (κ1) is 10.3. The van der Waals surface area contributed by atoms with Gasteiger partial charge in [-0.25, -0.2) is 9.18 Å². The summed E-state index contributed by atoms with van der Waals surface area (Å²) < 4.78 is 13.4. The van der Waals surface area contributed by atoms with Crippen LogP contribution < -0.4 is 0 Å². The molecule has 1 aromatic heterocycles. The third-order valence-electron chi connectivity index (χ3n) is 2.15. The van der Waals surface area contributed by atoms with E-state index in [0.717, 1.165) is 6.08 Å². The van der Waals surface area contributed by atoms with E-state index in [1.807, 2.05) is 0 Å². The molecule has 0 aliphatic carbocycles. The van der Waals surface area contributed by atoms with Gasteiger partial charge in [-0.1, -0.05) is 0 Å². The molecule has 2 aromatic rings. The van der Waals surface area contributed by atoms with Crippen LogP contribution in [0.5, 0.6) is 0 Å². The van der Waals surface area contributed by atoms with Crippen molar-refractivity contribution in [2.45, 2.75) is 0 Å². The molecule has 0 atom stereocenters. The Morgan fingerprint density at radius 2 is 2.19 bits per heavy atom. The lowest BCUT2D eigenvalue weighted by Gasteiger charge is -2.01. The number of carboxylic acid groups (broad SMARTS) is 1. The van der Waals surface area contributed by atoms with Crippen molar-refractivity contribution in [1.29, 1.82) is 0 Å². The average Bonchev–Trinajstić information content (AvgIpc) is 2.28. The van der Waals surface area contributed by atoms with Gasteiger partial charge in [0, 0.05) is 23.2 Å². The number of carboxylic acids is 1. The van der Waals surface area contributed by atoms with Crippen LogP contribution in [0.15, 0.2) is 36.5 Å². The van der Waals surface area contributed by atoms with E-state index >= 15 is 0 Å². The summed E-state index contributed by atoms with van der Waals surface area (Å²) >= 11 is 0. The number of hydrogen-bond donors (Lipinski definition) is 1. The Morgan fingerprint density at radius 1 is 1.38 bits per heavy atom. The largest absolute Gasteiger partial charge is 0.478 e. The van der Waals surface area contributed by atoms with Gasteiger partial charge in [0.1, 0.15) is 5.82 Å². The molecule has 4 heteroatoms. The molecule has 0 radical (unpaired) electrons. The van der Waals surface area contributed by atoms with Gasteiger partial charge in [0.05, 0.1) is 5.52 Å². The molecule has 16 heavy (non-hydrogen) atoms. The molecule has 0 saturated carbocycles. The minimum atomic E-state index is -1.05. The number of pyridine rings is 1. The molecule has 0 amide bonds. The summed E-state index contributed by atoms with van der Waals surface area (Å²) in [5, 5.41) is 8.90. The van der Waals surface area contributed by atoms with Crippen molar-refractivity contribution in [2.75, 3.05) is 0 Å². The summed E-state index contributed by atoms with van der Waals surface area (Å²) in [6, 6.07) is 6.04. The van der Waals surface area contributed by atoms with Gasteiger partial charge in [-0.15, -0.1) is 0 Å². The summed E-state index contributed by atoms with van der Waals surface area (Å²) in [6.07, 6.45) is 3.94. The van der Waals surface area contributed by atoms with Crippen molar-refractivity contribution in [3.63, 3.8) is 0 Å². The summed E-state index contributed by atoms with van der Waals surface area (Å²) in [5.74, 6) is -1.41. The monoisotopic (exact) mass is 217 g/mol. The zero-order valence-electron chi connectivity index (χ0n) is 8.22. The van der Waals surface area contributed by atoms with E-state index in [0.29, 0.717) is 16.5 Å². The van der Waals surface area contributed by atoms with Crippen LogP contribution in [0, 0.1) is 5.82 Å². The highest BCUT2D eigenvalue weighted by Crippen LogP contribution is 2.20. The summed E-state index contributed by atoms with van der Waals surface area (Å²) in [7, 11) is 0. The average molecular weight is 217 g/mol. The van der Waals surface area contributed by atoms with Crippen LogP contribution in [0.1, 0.15) is 5.56 Å². The maximum atomic E-state index is 13.4. The van der Waals surface area contributed by atoms with Crippen molar-refractivity contribution < 1.29 is 14.3 Å². The second kappa shape index (κ2) is 4.10. The van der Waals surface area contributed by atoms with E-state index in [9.17, 15) is 9.18 Å². The van der Waals surface area contributed by atoms with E-state index in [1.54, 1.807) is 18.3 Å². The molecule has 0 aliphatic rings. The zero-order valence-corrected chi connectivity index (χ0v) is 8.22. The maximum absolute atomic E-state index is 13.4. The number of aliphatic carboxylic acids is 1. The lowest BCUT2D eigenvalue weighted by atomic mass is 10.1. The maximum Gasteiger partial charge on any atom is 0.328 e. The predicted octanol–water partition coefficient (Wildman–Crippen LogP) is 2.47. The third-order valence-corrected chi connectivity index (χ3v) is 2.15. The van der Waals surface area contributed by atoms with Crippen molar-refractivity contribution >= 4 is 22.9 Å². The van der Waals surface area contributed by atoms with Gasteiger partial charge in [-0.2, -0.15) is 0 Å². The number of rotatable bonds is 2. The number of nitrogens with zero attached hydrogens (tertiary/aromatic N) is 1. The van der Waals surface area contributed by atoms with Gasteiger partial charge >= 0.3 is 5.97 Å². The number of carbonyl (C=O) groups is 1. The highest BCUT2D eigenvalue weighted by atomic mass is 19.1. The van der Waals surface area contributed by atoms with Crippen LogP contribution in [0.2, 0.25) is 0 Å². The topological polar surface area (TPSA) is 50.2 Å². The molecule has 1 N–H and O–H groups in total. The Morgan fingerprint density at radius 3 is 2.94 bits per heavy atom. The Bertz CT molecular complexity index is 578. The summed E-state index contributed by atoms with van der Waals surface area (Å²) in [6.45, 7) is 0. The molecule has 0 unspecified atom stereocenters. The lowest BCUT2D eigenvalue weighted by Crippen LogP contribution is -1.89. The summed E-state index contributed by atoms with van der Waals surface area (Å²) in [5.41, 5.74) is 1.04. The highest BCUT2D eigenvalue weighted by molar-refractivity contribution is 5.92. The van der Waals surface area contributed by atoms with Crippen LogP contribution in [0.4, 0.5) is 4.39 Å². The molecule has 3 nitrogen and oxygen atoms in total. The number of benzene rings is 1. The van der Waals surface area contributed by atoms with Crippen LogP contribution in [-0.4, -0.2) is 16.1 Å². The molecule has 0 spiro atoms. The van der Waals surface area contributed by atoms with Crippen molar-refractivity contribution in [3.8, 4) is 0 Å². The van der Waals surface area contributed by atoms with Crippen molar-refractivity contribution in [1.82, 2.24) is 4.98 Å². The Labute approximate surface area is 90.9 Å². The fourth-order valence-corrected chi connectivity index (χ4v) is 1.46. The smallest absolute Gasteiger partial charge is 0.328 e. The van der Waals surface area contributed by atoms with Gasteiger partial charge in [0.25, 0.3) is 0 Å². The molecule has 1 aromatic carbocycles. The molecular weight excluding hydrogens is 209 g/mol. The Hall–Kier alpha value is -2.23. The molecule has 80 valence electrons. The number of hydrogen-bond acceptors (Lipinski definition) is 2. The first-order valence-corrected chi connectivity index (χ1v) is 4.63. The Balaban J connectivity index is 2.63. The number of fused-ring (bicyclic) bond motifs is 1. The van der Waals surface area contributed by atoms with E-state index in [2.05, 4.69) is 4.98 Å². The van der Waals surface area contributed by atoms with Gasteiger partial charge < -0.3 is 5.11 Å². The molecule has 0 aliphatic heterocycles. The predicted molar refractivity (Wildman–Crippen MR) is 58.4 cm³/mol. The second-order valence-electron chi connectivity index (χ2n) is 3.21. The normalized spacial score (nSPS) is 11.1. The van der Waals surface area contributed by atoms with Crippen LogP contribution in [0.25, 0.3) is 17.0 Å². The van der Waals surface area contributed by atoms with Crippen LogP contribution in [0.3, 0.4) is 0 Å². The van der Waals surface area contributed by atoms with E-state index in [-0.39, 0.29) is 5.82 Å². The molecular formula is C12H8FNO2. The Kier molecular flexibility index (Phi) is 2.64. The third kappa shape index (κ3) is 1.91. The fourth-order valence-electron chi connectivity index (χ4n) is 1.46. The van der Waals surface area contributed by atoms with Crippen molar-refractivity contribution in [2.24, 2.45) is 0 Å². The SMILES string of the molecule is O=C(O)C=Cc1ccc(F)c2cccnc12. The quantitative estimate of drug-likeness (QED) is 0.786. The highest BCUT2D eigenvalue weighted by Gasteiger charge is 2.04. The molecule has 0 bridgehead atoms. The minimum Gasteiger partial charge on any atom is -0.478 e. The fraction of sp³-hybridized carbons (Fsp3) is 0. The van der Waals surface area contributed by atoms with E-state index in [1.165, 1.54) is 18.2 Å². The number of halogens is 1. The van der Waals surface area contributed by atoms with Crippen LogP contribution >= 0.6 is 0 Å². The summed E-state index contributed by atoms with van der Waals surface area (Å²) in [4.78, 5) is 14.4. The first-order valence-electron chi connectivity index (χ1n) is 4.63. The van der Waals surface area contributed by atoms with E-state index < -0.39 is 5.97 Å². The molecule has 0 fully saturated rings. The molecule has 1 heterocycles. The number of aromatic nitrogens is 1. The molecule has 2 rings (SSSR count). The molecule has 0 saturated heterocycles. The van der Waals surface area contributed by atoms with Crippen LogP contribution in [-0.2, 0) is 4.79 Å². The lowest BCUT2D eigenvalue weighted by molar-refractivity contribution is -0.131. The van der Waals surface area contributed by atoms with Gasteiger partial charge in [-0.05, 0) is 30.3 Å². The standard InChI is InChI=1S/C12H8FNO2/c13-10-5-3-8(4-6-11(15)16)12-9(10)2-1-7-14-12/h1-7H,(H,15,16). The second-order valence-corrected chi connectivity index (χ2v) is 3.21. The van der Waals surface area contributed by atoms with E-state index in [4.69, 9.17) is 5.11 Å². The zero-order chi connectivity index (χ0) is 11.5. The first-order chi connectivity index (χ1) is 7.68. The van der Waals surface area contributed by atoms with Gasteiger partial charge in [-0.3, -0.25) is 4.98 Å². The van der Waals surface area contributed by atoms with Crippen molar-refractivity contribution in [3.05, 3.63) is 47.9 Å².